The van der Waals surface area contributed by atoms with E-state index in [4.69, 9.17) is 20.3 Å². The van der Waals surface area contributed by atoms with Crippen LogP contribution in [-0.4, -0.2) is 48.5 Å². The number of carboxylic acid groups (broad SMARTS) is 1. The van der Waals surface area contributed by atoms with Gasteiger partial charge in [-0.05, 0) is 30.0 Å². The minimum absolute atomic E-state index is 0.00560. The molecule has 3 aromatic heterocycles. The summed E-state index contributed by atoms with van der Waals surface area (Å²) in [6, 6.07) is 6.88. The van der Waals surface area contributed by atoms with Crippen molar-refractivity contribution in [3.63, 3.8) is 0 Å². The first-order chi connectivity index (χ1) is 16.2. The Morgan fingerprint density at radius 1 is 1.18 bits per heavy atom. The van der Waals surface area contributed by atoms with Gasteiger partial charge in [0.05, 0.1) is 24.5 Å². The van der Waals surface area contributed by atoms with Crippen LogP contribution in [-0.2, 0) is 0 Å². The number of halogens is 1. The maximum atomic E-state index is 11.1. The second-order valence-corrected chi connectivity index (χ2v) is 9.67. The summed E-state index contributed by atoms with van der Waals surface area (Å²) < 4.78 is 10.3. The van der Waals surface area contributed by atoms with E-state index in [2.05, 4.69) is 20.3 Å². The van der Waals surface area contributed by atoms with Crippen molar-refractivity contribution in [3.8, 4) is 28.5 Å². The number of benzene rings is 1. The topological polar surface area (TPSA) is 153 Å². The molecule has 3 heterocycles. The van der Waals surface area contributed by atoms with Crippen molar-refractivity contribution in [1.29, 1.82) is 0 Å². The predicted octanol–water partition coefficient (Wildman–Crippen LogP) is 4.33. The van der Waals surface area contributed by atoms with E-state index in [9.17, 15) is 9.90 Å². The van der Waals surface area contributed by atoms with Crippen LogP contribution in [0.5, 0.6) is 17.2 Å². The fraction of sp³-hybridized carbons (Fsp3) is 0.217. The van der Waals surface area contributed by atoms with Crippen LogP contribution in [0.3, 0.4) is 0 Å². The van der Waals surface area contributed by atoms with E-state index >= 15 is 0 Å². The number of hydrogen-bond donors (Lipinski definition) is 4. The molecule has 1 amide bonds. The molecule has 0 bridgehead atoms. The number of phenolic OH excluding ortho intramolecular Hbond substituents is 1. The van der Waals surface area contributed by atoms with Crippen molar-refractivity contribution in [1.82, 2.24) is 20.3 Å². The molecule has 4 rings (SSSR count). The number of phenols is 1. The summed E-state index contributed by atoms with van der Waals surface area (Å²) in [5.41, 5.74) is 8.08. The van der Waals surface area contributed by atoms with Crippen LogP contribution >= 0.6 is 22.6 Å². The second-order valence-electron chi connectivity index (χ2n) is 7.60. The van der Waals surface area contributed by atoms with Crippen LogP contribution in [0.1, 0.15) is 13.3 Å². The number of fused-ring (bicyclic) bond motifs is 3. The Morgan fingerprint density at radius 3 is 2.68 bits per heavy atom. The lowest BCUT2D eigenvalue weighted by molar-refractivity contribution is 0.177. The van der Waals surface area contributed by atoms with Crippen molar-refractivity contribution in [2.75, 3.05) is 19.5 Å². The van der Waals surface area contributed by atoms with Gasteiger partial charge in [-0.15, -0.1) is 0 Å². The first-order valence-electron chi connectivity index (χ1n) is 10.3. The fourth-order valence-electron chi connectivity index (χ4n) is 3.51. The van der Waals surface area contributed by atoms with Gasteiger partial charge in [0.15, 0.2) is 11.5 Å². The van der Waals surface area contributed by atoms with Gasteiger partial charge < -0.3 is 30.7 Å². The molecule has 4 aromatic rings. The fourth-order valence-corrected chi connectivity index (χ4v) is 3.90. The molecular weight excluding hydrogens is 553 g/mol. The molecule has 0 radical (unpaired) electrons. The van der Waals surface area contributed by atoms with Crippen molar-refractivity contribution >= 4 is 56.2 Å². The average Bonchev–Trinajstić information content (AvgIpc) is 2.82. The molecule has 11 heteroatoms. The number of nitrogens with two attached hydrogens (primary N) is 1. The number of rotatable bonds is 7. The molecule has 0 aliphatic heterocycles. The van der Waals surface area contributed by atoms with Crippen molar-refractivity contribution in [2.24, 2.45) is 0 Å². The van der Waals surface area contributed by atoms with Gasteiger partial charge in [-0.1, -0.05) is 29.5 Å². The zero-order valence-corrected chi connectivity index (χ0v) is 20.5. The quantitative estimate of drug-likeness (QED) is 0.109. The zero-order valence-electron chi connectivity index (χ0n) is 18.4. The van der Waals surface area contributed by atoms with Crippen molar-refractivity contribution in [2.45, 2.75) is 16.9 Å². The Hall–Kier alpha value is -3.61. The molecule has 0 saturated carbocycles. The standard InChI is InChI=1S/C23H22IN5O5/c1-3-23(24,29-22(31)32)11-34-13-4-12(8-26-9-13)17-5-14-15-6-20(33-2)19(30)7-18(15)27-10-16(14)21(25)28-17/h4-10,29-30H,3,11H2,1-2H3,(H2,25,28)(H,31,32)/t23-/m0/s1. The maximum absolute atomic E-state index is 11.1. The van der Waals surface area contributed by atoms with E-state index in [0.717, 1.165) is 10.8 Å². The molecule has 5 N–H and O–H groups in total. The first kappa shape index (κ1) is 23.5. The van der Waals surface area contributed by atoms with Crippen LogP contribution < -0.4 is 20.5 Å². The van der Waals surface area contributed by atoms with Gasteiger partial charge in [-0.2, -0.15) is 0 Å². The number of hydrogen-bond acceptors (Lipinski definition) is 8. The highest BCUT2D eigenvalue weighted by molar-refractivity contribution is 14.1. The summed E-state index contributed by atoms with van der Waals surface area (Å²) in [5, 5.41) is 23.9. The number of alkyl halides is 1. The normalized spacial score (nSPS) is 12.9. The summed E-state index contributed by atoms with van der Waals surface area (Å²) in [6.07, 6.45) is 4.23. The smallest absolute Gasteiger partial charge is 0.405 e. The average molecular weight is 575 g/mol. The number of aromatic hydroxyl groups is 1. The second kappa shape index (κ2) is 9.33. The van der Waals surface area contributed by atoms with E-state index in [1.807, 2.05) is 35.6 Å². The highest BCUT2D eigenvalue weighted by Crippen LogP contribution is 2.36. The van der Waals surface area contributed by atoms with Gasteiger partial charge in [0, 0.05) is 34.8 Å². The Kier molecular flexibility index (Phi) is 6.46. The number of nitrogens with one attached hydrogen (secondary N) is 1. The number of anilines is 1. The summed E-state index contributed by atoms with van der Waals surface area (Å²) in [6.45, 7) is 1.99. The minimum atomic E-state index is -1.12. The summed E-state index contributed by atoms with van der Waals surface area (Å²) >= 11 is 2.03. The molecule has 34 heavy (non-hydrogen) atoms. The number of nitrogen functional groups attached to an aromatic ring is 1. The van der Waals surface area contributed by atoms with Crippen LogP contribution in [0.25, 0.3) is 32.9 Å². The largest absolute Gasteiger partial charge is 0.504 e. The van der Waals surface area contributed by atoms with Gasteiger partial charge in [-0.25, -0.2) is 9.78 Å². The number of pyridine rings is 3. The Bertz CT molecular complexity index is 1400. The number of carbonyl (C=O) groups is 1. The SMILES string of the molecule is CC[C@@](I)(COc1cncc(-c2cc3c(cnc4cc(O)c(OC)cc43)c(N)n2)c1)NC(=O)O. The number of ether oxygens (including phenoxy) is 2. The maximum Gasteiger partial charge on any atom is 0.405 e. The Morgan fingerprint density at radius 2 is 1.97 bits per heavy atom. The highest BCUT2D eigenvalue weighted by atomic mass is 127. The molecule has 176 valence electrons. The molecule has 1 aromatic carbocycles. The van der Waals surface area contributed by atoms with Gasteiger partial charge in [-0.3, -0.25) is 9.97 Å². The number of nitrogens with zero attached hydrogens (tertiary/aromatic N) is 3. The molecule has 0 unspecified atom stereocenters. The van der Waals surface area contributed by atoms with Gasteiger partial charge in [0.2, 0.25) is 0 Å². The number of aromatic nitrogens is 3. The minimum Gasteiger partial charge on any atom is -0.504 e. The molecule has 0 saturated heterocycles. The van der Waals surface area contributed by atoms with E-state index in [-0.39, 0.29) is 12.4 Å². The van der Waals surface area contributed by atoms with Crippen LogP contribution in [0.4, 0.5) is 10.6 Å². The molecule has 0 aliphatic carbocycles. The van der Waals surface area contributed by atoms with Crippen molar-refractivity contribution < 1.29 is 24.5 Å². The molecule has 0 fully saturated rings. The van der Waals surface area contributed by atoms with Gasteiger partial charge in [0.25, 0.3) is 0 Å². The zero-order chi connectivity index (χ0) is 24.5. The summed E-state index contributed by atoms with van der Waals surface area (Å²) in [7, 11) is 1.48. The van der Waals surface area contributed by atoms with E-state index in [1.165, 1.54) is 13.2 Å². The Labute approximate surface area is 208 Å². The molecule has 1 atom stereocenters. The molecule has 10 nitrogen and oxygen atoms in total. The highest BCUT2D eigenvalue weighted by Gasteiger charge is 2.27. The first-order valence-corrected chi connectivity index (χ1v) is 11.3. The molecular formula is C23H22IN5O5. The molecule has 0 aliphatic rings. The predicted molar refractivity (Wildman–Crippen MR) is 137 cm³/mol. The summed E-state index contributed by atoms with van der Waals surface area (Å²) in [4.78, 5) is 24.2. The lowest BCUT2D eigenvalue weighted by Crippen LogP contribution is -2.46. The van der Waals surface area contributed by atoms with Crippen LogP contribution in [0, 0.1) is 0 Å². The lowest BCUT2D eigenvalue weighted by Gasteiger charge is -2.26. The van der Waals surface area contributed by atoms with Gasteiger partial charge >= 0.3 is 6.09 Å². The van der Waals surface area contributed by atoms with Crippen LogP contribution in [0.15, 0.2) is 42.9 Å². The number of methoxy groups -OCH3 is 1. The third kappa shape index (κ3) is 4.69. The van der Waals surface area contributed by atoms with E-state index in [0.29, 0.717) is 45.9 Å². The van der Waals surface area contributed by atoms with E-state index < -0.39 is 9.64 Å². The monoisotopic (exact) mass is 575 g/mol. The lowest BCUT2D eigenvalue weighted by atomic mass is 10.0. The molecule has 0 spiro atoms. The van der Waals surface area contributed by atoms with Crippen molar-refractivity contribution in [3.05, 3.63) is 42.9 Å². The summed E-state index contributed by atoms with van der Waals surface area (Å²) in [5.74, 6) is 1.08. The third-order valence-corrected chi connectivity index (χ3v) is 6.72. The third-order valence-electron chi connectivity index (χ3n) is 5.38. The van der Waals surface area contributed by atoms with Crippen LogP contribution in [0.2, 0.25) is 0 Å². The van der Waals surface area contributed by atoms with Gasteiger partial charge in [0.1, 0.15) is 21.7 Å². The Balaban J connectivity index is 1.74. The van der Waals surface area contributed by atoms with E-state index in [1.54, 1.807) is 30.7 Å². The number of amides is 1.